The van der Waals surface area contributed by atoms with Crippen molar-refractivity contribution in [3.8, 4) is 5.75 Å². The molecule has 0 saturated heterocycles. The number of imide groups is 1. The highest BCUT2D eigenvalue weighted by molar-refractivity contribution is 6.34. The van der Waals surface area contributed by atoms with E-state index in [9.17, 15) is 14.0 Å². The molecule has 0 fully saturated rings. The second-order valence-corrected chi connectivity index (χ2v) is 5.71. The summed E-state index contributed by atoms with van der Waals surface area (Å²) in [5.74, 6) is -1.52. The van der Waals surface area contributed by atoms with Gasteiger partial charge in [-0.05, 0) is 33.3 Å². The minimum absolute atomic E-state index is 0.0921. The molecule has 1 aliphatic rings. The standard InChI is InChI=1S/C16H17ClFNO3/c1-5-10-9(4)15(20)19(16(10)21)13-7-14(22-8(2)3)11(17)6-12(13)18/h6-8H,5H2,1-4H3. The minimum Gasteiger partial charge on any atom is -0.489 e. The molecule has 0 saturated carbocycles. The lowest BCUT2D eigenvalue weighted by atomic mass is 10.1. The maximum absolute atomic E-state index is 14.2. The van der Waals surface area contributed by atoms with Gasteiger partial charge in [0.25, 0.3) is 11.8 Å². The Morgan fingerprint density at radius 3 is 2.41 bits per heavy atom. The summed E-state index contributed by atoms with van der Waals surface area (Å²) in [5, 5.41) is 0.0921. The number of nitrogens with zero attached hydrogens (tertiary/aromatic N) is 1. The number of amides is 2. The highest BCUT2D eigenvalue weighted by Crippen LogP contribution is 2.36. The quantitative estimate of drug-likeness (QED) is 0.790. The van der Waals surface area contributed by atoms with Crippen molar-refractivity contribution in [2.45, 2.75) is 40.2 Å². The fourth-order valence-electron chi connectivity index (χ4n) is 2.35. The minimum atomic E-state index is -0.743. The second-order valence-electron chi connectivity index (χ2n) is 5.30. The number of halogens is 2. The van der Waals surface area contributed by atoms with E-state index in [-0.39, 0.29) is 22.6 Å². The largest absolute Gasteiger partial charge is 0.489 e. The lowest BCUT2D eigenvalue weighted by Gasteiger charge is -2.19. The summed E-state index contributed by atoms with van der Waals surface area (Å²) in [7, 11) is 0. The molecule has 22 heavy (non-hydrogen) atoms. The van der Waals surface area contributed by atoms with Gasteiger partial charge in [-0.1, -0.05) is 18.5 Å². The van der Waals surface area contributed by atoms with Crippen molar-refractivity contribution in [1.82, 2.24) is 0 Å². The van der Waals surface area contributed by atoms with Gasteiger partial charge < -0.3 is 4.74 Å². The van der Waals surface area contributed by atoms with Crippen molar-refractivity contribution in [3.63, 3.8) is 0 Å². The lowest BCUT2D eigenvalue weighted by molar-refractivity contribution is -0.120. The number of carbonyl (C=O) groups is 2. The van der Waals surface area contributed by atoms with Crippen molar-refractivity contribution in [3.05, 3.63) is 34.1 Å². The molecular formula is C16H17ClFNO3. The topological polar surface area (TPSA) is 46.6 Å². The Hall–Kier alpha value is -1.88. The van der Waals surface area contributed by atoms with Gasteiger partial charge in [0.2, 0.25) is 0 Å². The predicted octanol–water partition coefficient (Wildman–Crippen LogP) is 3.87. The van der Waals surface area contributed by atoms with Crippen LogP contribution in [-0.4, -0.2) is 17.9 Å². The Morgan fingerprint density at radius 1 is 1.27 bits per heavy atom. The van der Waals surface area contributed by atoms with Gasteiger partial charge in [0, 0.05) is 17.2 Å². The summed E-state index contributed by atoms with van der Waals surface area (Å²) >= 11 is 5.95. The van der Waals surface area contributed by atoms with Gasteiger partial charge in [0.1, 0.15) is 11.6 Å². The van der Waals surface area contributed by atoms with E-state index in [1.165, 1.54) is 6.07 Å². The summed E-state index contributed by atoms with van der Waals surface area (Å²) in [6, 6.07) is 2.34. The van der Waals surface area contributed by atoms with Crippen LogP contribution in [0.1, 0.15) is 34.1 Å². The Morgan fingerprint density at radius 2 is 1.91 bits per heavy atom. The van der Waals surface area contributed by atoms with Gasteiger partial charge in [-0.25, -0.2) is 9.29 Å². The number of benzene rings is 1. The van der Waals surface area contributed by atoms with E-state index in [1.807, 2.05) is 0 Å². The number of hydrogen-bond acceptors (Lipinski definition) is 3. The summed E-state index contributed by atoms with van der Waals surface area (Å²) < 4.78 is 19.7. The Bertz CT molecular complexity index is 682. The van der Waals surface area contributed by atoms with Gasteiger partial charge in [-0.3, -0.25) is 9.59 Å². The maximum Gasteiger partial charge on any atom is 0.261 e. The molecule has 2 amide bonds. The molecule has 0 aliphatic carbocycles. The Labute approximate surface area is 133 Å². The number of ether oxygens (including phenoxy) is 1. The van der Waals surface area contributed by atoms with E-state index in [0.29, 0.717) is 17.6 Å². The molecule has 0 radical (unpaired) electrons. The van der Waals surface area contributed by atoms with E-state index < -0.39 is 17.6 Å². The Kier molecular flexibility index (Phi) is 4.56. The van der Waals surface area contributed by atoms with Crippen LogP contribution in [0.2, 0.25) is 5.02 Å². The van der Waals surface area contributed by atoms with Crippen LogP contribution in [-0.2, 0) is 9.59 Å². The average molecular weight is 326 g/mol. The van der Waals surface area contributed by atoms with Gasteiger partial charge >= 0.3 is 0 Å². The first-order valence-electron chi connectivity index (χ1n) is 7.02. The molecule has 0 spiro atoms. The fourth-order valence-corrected chi connectivity index (χ4v) is 2.55. The van der Waals surface area contributed by atoms with Crippen molar-refractivity contribution in [1.29, 1.82) is 0 Å². The maximum atomic E-state index is 14.2. The molecular weight excluding hydrogens is 309 g/mol. The van der Waals surface area contributed by atoms with Gasteiger partial charge in [-0.15, -0.1) is 0 Å². The van der Waals surface area contributed by atoms with Crippen molar-refractivity contribution < 1.29 is 18.7 Å². The molecule has 0 N–H and O–H groups in total. The highest BCUT2D eigenvalue weighted by atomic mass is 35.5. The number of anilines is 1. The molecule has 1 aromatic carbocycles. The normalized spacial score (nSPS) is 15.3. The first-order chi connectivity index (χ1) is 10.3. The average Bonchev–Trinajstić information content (AvgIpc) is 2.64. The van der Waals surface area contributed by atoms with E-state index in [0.717, 1.165) is 11.0 Å². The van der Waals surface area contributed by atoms with Crippen molar-refractivity contribution in [2.24, 2.45) is 0 Å². The third-order valence-electron chi connectivity index (χ3n) is 3.40. The number of hydrogen-bond donors (Lipinski definition) is 0. The van der Waals surface area contributed by atoms with Crippen LogP contribution < -0.4 is 9.64 Å². The zero-order valence-corrected chi connectivity index (χ0v) is 13.6. The van der Waals surface area contributed by atoms with Crippen molar-refractivity contribution in [2.75, 3.05) is 4.90 Å². The molecule has 1 aliphatic heterocycles. The lowest BCUT2D eigenvalue weighted by Crippen LogP contribution is -2.32. The molecule has 4 nitrogen and oxygen atoms in total. The van der Waals surface area contributed by atoms with E-state index in [2.05, 4.69) is 0 Å². The predicted molar refractivity (Wildman–Crippen MR) is 82.7 cm³/mol. The fraction of sp³-hybridized carbons (Fsp3) is 0.375. The zero-order valence-electron chi connectivity index (χ0n) is 12.9. The smallest absolute Gasteiger partial charge is 0.261 e. The van der Waals surface area contributed by atoms with Crippen LogP contribution in [0.5, 0.6) is 5.75 Å². The van der Waals surface area contributed by atoms with Gasteiger partial charge in [0.05, 0.1) is 16.8 Å². The van der Waals surface area contributed by atoms with Crippen LogP contribution in [0.3, 0.4) is 0 Å². The third kappa shape index (κ3) is 2.73. The SMILES string of the molecule is CCC1=C(C)C(=O)N(c2cc(OC(C)C)c(Cl)cc2F)C1=O. The molecule has 1 heterocycles. The number of rotatable bonds is 4. The molecule has 1 aromatic rings. The summed E-state index contributed by atoms with van der Waals surface area (Å²) in [5.41, 5.74) is 0.594. The van der Waals surface area contributed by atoms with Gasteiger partial charge in [-0.2, -0.15) is 0 Å². The first kappa shape index (κ1) is 16.5. The molecule has 0 bridgehead atoms. The van der Waals surface area contributed by atoms with E-state index in [1.54, 1.807) is 27.7 Å². The summed E-state index contributed by atoms with van der Waals surface area (Å²) in [4.78, 5) is 25.4. The van der Waals surface area contributed by atoms with Crippen LogP contribution >= 0.6 is 11.6 Å². The van der Waals surface area contributed by atoms with E-state index in [4.69, 9.17) is 16.3 Å². The molecule has 2 rings (SSSR count). The summed E-state index contributed by atoms with van der Waals surface area (Å²) in [6.07, 6.45) is 0.240. The molecule has 0 atom stereocenters. The second kappa shape index (κ2) is 6.08. The summed E-state index contributed by atoms with van der Waals surface area (Å²) in [6.45, 7) is 6.94. The van der Waals surface area contributed by atoms with Crippen molar-refractivity contribution >= 4 is 29.1 Å². The monoisotopic (exact) mass is 325 g/mol. The zero-order chi connectivity index (χ0) is 16.6. The molecule has 118 valence electrons. The molecule has 0 aromatic heterocycles. The van der Waals surface area contributed by atoms with Crippen LogP contribution in [0.25, 0.3) is 0 Å². The van der Waals surface area contributed by atoms with Gasteiger partial charge in [0.15, 0.2) is 0 Å². The van der Waals surface area contributed by atoms with Crippen LogP contribution in [0, 0.1) is 5.82 Å². The first-order valence-corrected chi connectivity index (χ1v) is 7.39. The molecule has 0 unspecified atom stereocenters. The highest BCUT2D eigenvalue weighted by Gasteiger charge is 2.37. The molecule has 6 heteroatoms. The third-order valence-corrected chi connectivity index (χ3v) is 3.69. The van der Waals surface area contributed by atoms with E-state index >= 15 is 0 Å². The number of carbonyl (C=O) groups excluding carboxylic acids is 2. The Balaban J connectivity index is 2.50. The van der Waals surface area contributed by atoms with Crippen LogP contribution in [0.4, 0.5) is 10.1 Å². The van der Waals surface area contributed by atoms with Crippen LogP contribution in [0.15, 0.2) is 23.3 Å².